The van der Waals surface area contributed by atoms with Crippen LogP contribution in [0.3, 0.4) is 0 Å². The number of aromatic carboxylic acids is 1. The van der Waals surface area contributed by atoms with Gasteiger partial charge in [0.2, 0.25) is 0 Å². The maximum absolute atomic E-state index is 10.8. The molecule has 0 saturated carbocycles. The molecule has 0 heterocycles. The fraction of sp³-hybridized carbons (Fsp3) is 0.235. The van der Waals surface area contributed by atoms with Crippen LogP contribution < -0.4 is 4.74 Å². The molecule has 2 aromatic carbocycles. The van der Waals surface area contributed by atoms with Gasteiger partial charge in [-0.1, -0.05) is 18.2 Å². The van der Waals surface area contributed by atoms with Crippen molar-refractivity contribution in [3.63, 3.8) is 0 Å². The number of hydrogen-bond acceptors (Lipinski definition) is 2. The van der Waals surface area contributed by atoms with E-state index in [1.165, 1.54) is 11.1 Å². The van der Waals surface area contributed by atoms with Crippen LogP contribution in [0.25, 0.3) is 0 Å². The molecule has 0 saturated heterocycles. The van der Waals surface area contributed by atoms with Crippen LogP contribution in [0.2, 0.25) is 0 Å². The lowest BCUT2D eigenvalue weighted by molar-refractivity contribution is 0.0697. The molecule has 1 N–H and O–H groups in total. The smallest absolute Gasteiger partial charge is 0.335 e. The van der Waals surface area contributed by atoms with Gasteiger partial charge in [0.05, 0.1) is 5.56 Å². The van der Waals surface area contributed by atoms with Gasteiger partial charge in [-0.2, -0.15) is 0 Å². The summed E-state index contributed by atoms with van der Waals surface area (Å²) in [5.41, 5.74) is 4.76. The zero-order valence-electron chi connectivity index (χ0n) is 11.9. The molecule has 0 atom stereocenters. The van der Waals surface area contributed by atoms with Gasteiger partial charge in [0.15, 0.2) is 0 Å². The van der Waals surface area contributed by atoms with E-state index in [4.69, 9.17) is 9.84 Å². The third-order valence-electron chi connectivity index (χ3n) is 3.36. The van der Waals surface area contributed by atoms with Gasteiger partial charge in [0, 0.05) is 0 Å². The molecule has 0 bridgehead atoms. The van der Waals surface area contributed by atoms with Crippen molar-refractivity contribution in [2.75, 3.05) is 0 Å². The zero-order valence-corrected chi connectivity index (χ0v) is 11.9. The van der Waals surface area contributed by atoms with Crippen molar-refractivity contribution >= 4 is 5.97 Å². The Bertz CT molecular complexity index is 627. The standard InChI is InChI=1S/C17H18O3/c1-11-8-12(2)13(3)16(9-11)20-10-14-4-6-15(7-5-14)17(18)19/h4-9H,10H2,1-3H3,(H,18,19). The fourth-order valence-electron chi connectivity index (χ4n) is 2.06. The number of carboxylic acids is 1. The average Bonchev–Trinajstić information content (AvgIpc) is 2.41. The van der Waals surface area contributed by atoms with E-state index in [2.05, 4.69) is 13.0 Å². The van der Waals surface area contributed by atoms with Crippen LogP contribution in [-0.2, 0) is 6.61 Å². The van der Waals surface area contributed by atoms with Crippen LogP contribution in [0.5, 0.6) is 5.75 Å². The molecular weight excluding hydrogens is 252 g/mol. The Morgan fingerprint density at radius 2 is 1.75 bits per heavy atom. The molecule has 3 nitrogen and oxygen atoms in total. The second-order valence-corrected chi connectivity index (χ2v) is 5.00. The Morgan fingerprint density at radius 1 is 1.10 bits per heavy atom. The van der Waals surface area contributed by atoms with Crippen LogP contribution >= 0.6 is 0 Å². The average molecular weight is 270 g/mol. The summed E-state index contributed by atoms with van der Waals surface area (Å²) in [6.07, 6.45) is 0. The van der Waals surface area contributed by atoms with Crippen molar-refractivity contribution in [3.8, 4) is 5.75 Å². The van der Waals surface area contributed by atoms with Crippen molar-refractivity contribution in [2.45, 2.75) is 27.4 Å². The van der Waals surface area contributed by atoms with E-state index in [9.17, 15) is 4.79 Å². The third-order valence-corrected chi connectivity index (χ3v) is 3.36. The van der Waals surface area contributed by atoms with Gasteiger partial charge in [0.25, 0.3) is 0 Å². The molecule has 0 aliphatic heterocycles. The molecule has 0 aromatic heterocycles. The molecule has 0 aliphatic rings. The van der Waals surface area contributed by atoms with E-state index in [1.54, 1.807) is 24.3 Å². The van der Waals surface area contributed by atoms with Crippen LogP contribution in [0.15, 0.2) is 36.4 Å². The molecule has 20 heavy (non-hydrogen) atoms. The Balaban J connectivity index is 2.11. The summed E-state index contributed by atoms with van der Waals surface area (Å²) in [5, 5.41) is 8.85. The van der Waals surface area contributed by atoms with Crippen molar-refractivity contribution in [2.24, 2.45) is 0 Å². The van der Waals surface area contributed by atoms with Crippen LogP contribution in [0.4, 0.5) is 0 Å². The Kier molecular flexibility index (Phi) is 4.08. The molecule has 2 aromatic rings. The highest BCUT2D eigenvalue weighted by Crippen LogP contribution is 2.24. The molecular formula is C17H18O3. The molecule has 3 heteroatoms. The minimum atomic E-state index is -0.914. The summed E-state index contributed by atoms with van der Waals surface area (Å²) in [7, 11) is 0. The quantitative estimate of drug-likeness (QED) is 0.916. The lowest BCUT2D eigenvalue weighted by atomic mass is 10.1. The third kappa shape index (κ3) is 3.18. The number of carbonyl (C=O) groups is 1. The van der Waals surface area contributed by atoms with Crippen molar-refractivity contribution in [3.05, 3.63) is 64.2 Å². The van der Waals surface area contributed by atoms with Crippen LogP contribution in [0, 0.1) is 20.8 Å². The first kappa shape index (κ1) is 14.1. The lowest BCUT2D eigenvalue weighted by Gasteiger charge is -2.12. The van der Waals surface area contributed by atoms with Gasteiger partial charge in [-0.05, 0) is 61.2 Å². The van der Waals surface area contributed by atoms with E-state index in [1.807, 2.05) is 19.9 Å². The first-order valence-electron chi connectivity index (χ1n) is 6.50. The Labute approximate surface area is 118 Å². The molecule has 0 amide bonds. The number of benzene rings is 2. The van der Waals surface area contributed by atoms with E-state index >= 15 is 0 Å². The maximum atomic E-state index is 10.8. The largest absolute Gasteiger partial charge is 0.489 e. The summed E-state index contributed by atoms with van der Waals surface area (Å²) in [5.74, 6) is -0.0348. The molecule has 0 aliphatic carbocycles. The summed E-state index contributed by atoms with van der Waals surface area (Å²) in [6, 6.07) is 10.9. The molecule has 0 spiro atoms. The van der Waals surface area contributed by atoms with Gasteiger partial charge in [-0.15, -0.1) is 0 Å². The lowest BCUT2D eigenvalue weighted by Crippen LogP contribution is -2.00. The van der Waals surface area contributed by atoms with E-state index < -0.39 is 5.97 Å². The molecule has 0 unspecified atom stereocenters. The van der Waals surface area contributed by atoms with Crippen LogP contribution in [0.1, 0.15) is 32.6 Å². The van der Waals surface area contributed by atoms with Gasteiger partial charge >= 0.3 is 5.97 Å². The second kappa shape index (κ2) is 5.78. The minimum absolute atomic E-state index is 0.288. The van der Waals surface area contributed by atoms with Crippen molar-refractivity contribution in [1.29, 1.82) is 0 Å². The Hall–Kier alpha value is -2.29. The van der Waals surface area contributed by atoms with E-state index in [-0.39, 0.29) is 5.56 Å². The van der Waals surface area contributed by atoms with E-state index in [0.29, 0.717) is 6.61 Å². The maximum Gasteiger partial charge on any atom is 0.335 e. The topological polar surface area (TPSA) is 46.5 Å². The monoisotopic (exact) mass is 270 g/mol. The fourth-order valence-corrected chi connectivity index (χ4v) is 2.06. The van der Waals surface area contributed by atoms with Gasteiger partial charge < -0.3 is 9.84 Å². The van der Waals surface area contributed by atoms with Crippen molar-refractivity contribution < 1.29 is 14.6 Å². The predicted molar refractivity (Wildman–Crippen MR) is 78.4 cm³/mol. The second-order valence-electron chi connectivity index (χ2n) is 5.00. The zero-order chi connectivity index (χ0) is 14.7. The highest BCUT2D eigenvalue weighted by molar-refractivity contribution is 5.87. The summed E-state index contributed by atoms with van der Waals surface area (Å²) >= 11 is 0. The molecule has 0 radical (unpaired) electrons. The number of aryl methyl sites for hydroxylation is 2. The molecule has 104 valence electrons. The number of ether oxygens (including phenoxy) is 1. The number of rotatable bonds is 4. The predicted octanol–water partition coefficient (Wildman–Crippen LogP) is 3.89. The highest BCUT2D eigenvalue weighted by atomic mass is 16.5. The first-order chi connectivity index (χ1) is 9.47. The SMILES string of the molecule is Cc1cc(C)c(C)c(OCc2ccc(C(=O)O)cc2)c1. The minimum Gasteiger partial charge on any atom is -0.489 e. The van der Waals surface area contributed by atoms with E-state index in [0.717, 1.165) is 16.9 Å². The number of hydrogen-bond donors (Lipinski definition) is 1. The highest BCUT2D eigenvalue weighted by Gasteiger charge is 2.05. The summed E-state index contributed by atoms with van der Waals surface area (Å²) in [6.45, 7) is 6.58. The van der Waals surface area contributed by atoms with Gasteiger partial charge in [-0.25, -0.2) is 4.79 Å². The summed E-state index contributed by atoms with van der Waals surface area (Å²) in [4.78, 5) is 10.8. The van der Waals surface area contributed by atoms with Crippen LogP contribution in [-0.4, -0.2) is 11.1 Å². The normalized spacial score (nSPS) is 10.3. The van der Waals surface area contributed by atoms with Gasteiger partial charge in [0.1, 0.15) is 12.4 Å². The molecule has 0 fully saturated rings. The van der Waals surface area contributed by atoms with Crippen molar-refractivity contribution in [1.82, 2.24) is 0 Å². The first-order valence-corrected chi connectivity index (χ1v) is 6.50. The Morgan fingerprint density at radius 3 is 2.35 bits per heavy atom. The molecule has 2 rings (SSSR count). The number of carboxylic acid groups (broad SMARTS) is 1. The van der Waals surface area contributed by atoms with Gasteiger partial charge in [-0.3, -0.25) is 0 Å². The summed E-state index contributed by atoms with van der Waals surface area (Å²) < 4.78 is 5.84.